The lowest BCUT2D eigenvalue weighted by Crippen LogP contribution is -2.24. The Kier molecular flexibility index (Phi) is 6.63. The van der Waals surface area contributed by atoms with E-state index >= 15 is 0 Å². The predicted octanol–water partition coefficient (Wildman–Crippen LogP) is 4.54. The van der Waals surface area contributed by atoms with Crippen LogP contribution >= 0.6 is 0 Å². The quantitative estimate of drug-likeness (QED) is 0.482. The summed E-state index contributed by atoms with van der Waals surface area (Å²) in [7, 11) is 1.49. The van der Waals surface area contributed by atoms with Gasteiger partial charge in [0.25, 0.3) is 12.3 Å². The SMILES string of the molecule is Cn1cc(C(=O)NC#CC(C)(Cc2ccccc2)Cc2ccccc2)c(C(F)F)n1. The molecule has 0 bridgehead atoms. The van der Waals surface area contributed by atoms with Gasteiger partial charge >= 0.3 is 0 Å². The van der Waals surface area contributed by atoms with Gasteiger partial charge in [-0.25, -0.2) is 8.78 Å². The first-order chi connectivity index (χ1) is 14.4. The number of amides is 1. The molecule has 4 nitrogen and oxygen atoms in total. The minimum Gasteiger partial charge on any atom is -0.281 e. The number of nitrogens with zero attached hydrogens (tertiary/aromatic N) is 2. The summed E-state index contributed by atoms with van der Waals surface area (Å²) in [6.07, 6.45) is -0.200. The Balaban J connectivity index is 1.81. The molecule has 1 N–H and O–H groups in total. The zero-order valence-corrected chi connectivity index (χ0v) is 16.9. The number of nitrogens with one attached hydrogen (secondary N) is 1. The Labute approximate surface area is 174 Å². The van der Waals surface area contributed by atoms with Crippen LogP contribution in [0.25, 0.3) is 0 Å². The van der Waals surface area contributed by atoms with E-state index in [1.54, 1.807) is 0 Å². The molecule has 0 fully saturated rings. The lowest BCUT2D eigenvalue weighted by Gasteiger charge is -2.24. The van der Waals surface area contributed by atoms with Crippen molar-refractivity contribution in [3.63, 3.8) is 0 Å². The van der Waals surface area contributed by atoms with Crippen molar-refractivity contribution in [2.24, 2.45) is 12.5 Å². The molecule has 0 saturated carbocycles. The highest BCUT2D eigenvalue weighted by molar-refractivity contribution is 5.96. The number of aryl methyl sites for hydroxylation is 1. The summed E-state index contributed by atoms with van der Waals surface area (Å²) in [5.74, 6) is 2.47. The average Bonchev–Trinajstić information content (AvgIpc) is 3.11. The van der Waals surface area contributed by atoms with Gasteiger partial charge in [-0.3, -0.25) is 14.8 Å². The van der Waals surface area contributed by atoms with Crippen molar-refractivity contribution in [3.05, 3.63) is 89.2 Å². The Morgan fingerprint density at radius 3 is 2.10 bits per heavy atom. The van der Waals surface area contributed by atoms with Crippen molar-refractivity contribution in [1.82, 2.24) is 15.1 Å². The van der Waals surface area contributed by atoms with Crippen molar-refractivity contribution in [1.29, 1.82) is 0 Å². The van der Waals surface area contributed by atoms with Gasteiger partial charge in [0.05, 0.1) is 5.56 Å². The number of aromatic nitrogens is 2. The van der Waals surface area contributed by atoms with Crippen molar-refractivity contribution in [2.75, 3.05) is 0 Å². The smallest absolute Gasteiger partial charge is 0.281 e. The van der Waals surface area contributed by atoms with Crippen LogP contribution in [-0.2, 0) is 19.9 Å². The molecular formula is C24H23F2N3O. The highest BCUT2D eigenvalue weighted by Crippen LogP contribution is 2.27. The highest BCUT2D eigenvalue weighted by atomic mass is 19.3. The molecule has 0 aliphatic rings. The second kappa shape index (κ2) is 9.36. The zero-order valence-electron chi connectivity index (χ0n) is 16.9. The molecule has 6 heteroatoms. The molecule has 0 unspecified atom stereocenters. The number of benzene rings is 2. The maximum atomic E-state index is 13.1. The monoisotopic (exact) mass is 407 g/mol. The Bertz CT molecular complexity index is 1010. The molecule has 1 aromatic heterocycles. The summed E-state index contributed by atoms with van der Waals surface area (Å²) in [5.41, 5.74) is 1.08. The molecule has 1 heterocycles. The molecule has 30 heavy (non-hydrogen) atoms. The molecular weight excluding hydrogens is 384 g/mol. The highest BCUT2D eigenvalue weighted by Gasteiger charge is 2.24. The largest absolute Gasteiger partial charge is 0.282 e. The van der Waals surface area contributed by atoms with Crippen molar-refractivity contribution >= 4 is 5.91 Å². The number of carbonyl (C=O) groups excluding carboxylic acids is 1. The maximum Gasteiger partial charge on any atom is 0.282 e. The van der Waals surface area contributed by atoms with Crippen LogP contribution in [0.1, 0.15) is 40.5 Å². The molecule has 1 amide bonds. The van der Waals surface area contributed by atoms with E-state index < -0.39 is 23.4 Å². The molecule has 0 aliphatic heterocycles. The number of carbonyl (C=O) groups is 1. The number of alkyl halides is 2. The minimum atomic E-state index is -2.83. The summed E-state index contributed by atoms with van der Waals surface area (Å²) < 4.78 is 27.4. The summed E-state index contributed by atoms with van der Waals surface area (Å²) in [6, 6.07) is 22.7. The third kappa shape index (κ3) is 5.54. The van der Waals surface area contributed by atoms with Crippen LogP contribution in [0.4, 0.5) is 8.78 Å². The van der Waals surface area contributed by atoms with Gasteiger partial charge in [-0.1, -0.05) is 66.6 Å². The third-order valence-corrected chi connectivity index (χ3v) is 4.72. The maximum absolute atomic E-state index is 13.1. The third-order valence-electron chi connectivity index (χ3n) is 4.72. The first-order valence-electron chi connectivity index (χ1n) is 9.58. The molecule has 0 radical (unpaired) electrons. The lowest BCUT2D eigenvalue weighted by molar-refractivity contribution is 0.0958. The van der Waals surface area contributed by atoms with E-state index in [4.69, 9.17) is 0 Å². The van der Waals surface area contributed by atoms with Gasteiger partial charge in [-0.15, -0.1) is 0 Å². The molecule has 3 aromatic rings. The summed E-state index contributed by atoms with van der Waals surface area (Å²) in [6.45, 7) is 2.03. The second-order valence-electron chi connectivity index (χ2n) is 7.49. The molecule has 154 valence electrons. The van der Waals surface area contributed by atoms with Gasteiger partial charge in [0.15, 0.2) is 0 Å². The van der Waals surface area contributed by atoms with E-state index in [1.807, 2.05) is 67.6 Å². The minimum absolute atomic E-state index is 0.172. The number of hydrogen-bond acceptors (Lipinski definition) is 2. The van der Waals surface area contributed by atoms with Gasteiger partial charge in [0.1, 0.15) is 5.69 Å². The van der Waals surface area contributed by atoms with Crippen LogP contribution in [0.15, 0.2) is 66.9 Å². The van der Waals surface area contributed by atoms with Gasteiger partial charge in [0.2, 0.25) is 0 Å². The molecule has 0 saturated heterocycles. The zero-order chi connectivity index (χ0) is 21.6. The van der Waals surface area contributed by atoms with Gasteiger partial charge in [-0.2, -0.15) is 5.10 Å². The number of halogens is 2. The number of rotatable bonds is 6. The van der Waals surface area contributed by atoms with Crippen LogP contribution in [-0.4, -0.2) is 15.7 Å². The van der Waals surface area contributed by atoms with Crippen LogP contribution in [0.5, 0.6) is 0 Å². The van der Waals surface area contributed by atoms with E-state index in [0.29, 0.717) is 12.8 Å². The summed E-state index contributed by atoms with van der Waals surface area (Å²) >= 11 is 0. The van der Waals surface area contributed by atoms with E-state index in [1.165, 1.54) is 17.9 Å². The molecule has 0 spiro atoms. The first kappa shape index (κ1) is 21.3. The van der Waals surface area contributed by atoms with Gasteiger partial charge < -0.3 is 0 Å². The molecule has 0 atom stereocenters. The fourth-order valence-corrected chi connectivity index (χ4v) is 3.39. The van der Waals surface area contributed by atoms with E-state index in [9.17, 15) is 13.6 Å². The fourth-order valence-electron chi connectivity index (χ4n) is 3.39. The Morgan fingerprint density at radius 1 is 1.07 bits per heavy atom. The summed E-state index contributed by atoms with van der Waals surface area (Å²) in [5, 5.41) is 6.11. The van der Waals surface area contributed by atoms with Crippen molar-refractivity contribution in [3.8, 4) is 12.0 Å². The molecule has 0 aliphatic carbocycles. The topological polar surface area (TPSA) is 46.9 Å². The normalized spacial score (nSPS) is 11.1. The van der Waals surface area contributed by atoms with Gasteiger partial charge in [0, 0.05) is 24.7 Å². The molecule has 3 rings (SSSR count). The lowest BCUT2D eigenvalue weighted by atomic mass is 9.79. The van der Waals surface area contributed by atoms with Gasteiger partial charge in [-0.05, 0) is 30.9 Å². The van der Waals surface area contributed by atoms with E-state index in [0.717, 1.165) is 11.1 Å². The first-order valence-corrected chi connectivity index (χ1v) is 9.58. The number of hydrogen-bond donors (Lipinski definition) is 1. The van der Waals surface area contributed by atoms with Crippen molar-refractivity contribution in [2.45, 2.75) is 26.2 Å². The molecule has 2 aromatic carbocycles. The van der Waals surface area contributed by atoms with Crippen LogP contribution < -0.4 is 5.32 Å². The van der Waals surface area contributed by atoms with E-state index in [-0.39, 0.29) is 5.56 Å². The van der Waals surface area contributed by atoms with Crippen LogP contribution in [0.2, 0.25) is 0 Å². The standard InChI is InChI=1S/C24H23F2N3O/c1-24(15-18-9-5-3-6-10-18,16-19-11-7-4-8-12-19)13-14-27-23(30)20-17-29(2)28-21(20)22(25)26/h3-12,17,22H,15-16H2,1-2H3,(H,27,30). The van der Waals surface area contributed by atoms with Crippen LogP contribution in [0.3, 0.4) is 0 Å². The average molecular weight is 407 g/mol. The Hall–Kier alpha value is -3.46. The van der Waals surface area contributed by atoms with Crippen molar-refractivity contribution < 1.29 is 13.6 Å². The Morgan fingerprint density at radius 2 is 1.60 bits per heavy atom. The second-order valence-corrected chi connectivity index (χ2v) is 7.49. The summed E-state index contributed by atoms with van der Waals surface area (Å²) in [4.78, 5) is 12.4. The van der Waals surface area contributed by atoms with Crippen LogP contribution in [0, 0.1) is 17.4 Å². The van der Waals surface area contributed by atoms with E-state index in [2.05, 4.69) is 22.4 Å². The predicted molar refractivity (Wildman–Crippen MR) is 112 cm³/mol. The fraction of sp³-hybridized carbons (Fsp3) is 0.250.